The molecule has 0 aliphatic carbocycles. The average molecular weight is 301 g/mol. The lowest BCUT2D eigenvalue weighted by Crippen LogP contribution is -2.49. The van der Waals surface area contributed by atoms with Crippen molar-refractivity contribution in [1.29, 1.82) is 0 Å². The Bertz CT molecular complexity index is 397. The van der Waals surface area contributed by atoms with Crippen LogP contribution in [0.3, 0.4) is 0 Å². The van der Waals surface area contributed by atoms with Gasteiger partial charge >= 0.3 is 0 Å². The lowest BCUT2D eigenvalue weighted by atomic mass is 10.1. The molecule has 1 saturated heterocycles. The predicted octanol–water partition coefficient (Wildman–Crippen LogP) is 2.94. The van der Waals surface area contributed by atoms with Crippen molar-refractivity contribution in [3.05, 3.63) is 34.1 Å². The Morgan fingerprint density at radius 1 is 1.53 bits per heavy atom. The lowest BCUT2D eigenvalue weighted by molar-refractivity contribution is 0.158. The van der Waals surface area contributed by atoms with Gasteiger partial charge in [0.1, 0.15) is 5.82 Å². The van der Waals surface area contributed by atoms with Crippen molar-refractivity contribution >= 4 is 15.9 Å². The molecule has 2 unspecified atom stereocenters. The Hall–Kier alpha value is -0.450. The summed E-state index contributed by atoms with van der Waals surface area (Å²) >= 11 is 3.24. The molecule has 94 valence electrons. The molecule has 1 aromatic carbocycles. The maximum absolute atomic E-state index is 13.2. The molecule has 4 heteroatoms. The fourth-order valence-corrected chi connectivity index (χ4v) is 2.69. The highest BCUT2D eigenvalue weighted by Gasteiger charge is 2.21. The minimum atomic E-state index is -0.199. The van der Waals surface area contributed by atoms with E-state index in [1.54, 1.807) is 0 Å². The molecule has 17 heavy (non-hydrogen) atoms. The van der Waals surface area contributed by atoms with Gasteiger partial charge in [-0.1, -0.05) is 6.07 Å². The van der Waals surface area contributed by atoms with E-state index >= 15 is 0 Å². The Balaban J connectivity index is 2.12. The SMILES string of the molecule is CC1CN(C(C)c2ccc(F)c(Br)c2)CCN1. The third-order valence-electron chi connectivity index (χ3n) is 3.37. The Morgan fingerprint density at radius 2 is 2.29 bits per heavy atom. The van der Waals surface area contributed by atoms with Crippen molar-refractivity contribution in [3.8, 4) is 0 Å². The molecular weight excluding hydrogens is 283 g/mol. The van der Waals surface area contributed by atoms with Crippen molar-refractivity contribution in [1.82, 2.24) is 10.2 Å². The number of halogens is 2. The minimum absolute atomic E-state index is 0.199. The minimum Gasteiger partial charge on any atom is -0.312 e. The van der Waals surface area contributed by atoms with Crippen LogP contribution in [-0.2, 0) is 0 Å². The van der Waals surface area contributed by atoms with Crippen LogP contribution >= 0.6 is 15.9 Å². The monoisotopic (exact) mass is 300 g/mol. The zero-order valence-corrected chi connectivity index (χ0v) is 11.8. The second kappa shape index (κ2) is 5.46. The van der Waals surface area contributed by atoms with Gasteiger partial charge in [-0.05, 0) is 47.5 Å². The second-order valence-corrected chi connectivity index (χ2v) is 5.55. The normalized spacial score (nSPS) is 23.6. The first-order valence-electron chi connectivity index (χ1n) is 6.00. The lowest BCUT2D eigenvalue weighted by Gasteiger charge is -2.36. The molecule has 1 N–H and O–H groups in total. The third-order valence-corrected chi connectivity index (χ3v) is 3.98. The van der Waals surface area contributed by atoms with Gasteiger partial charge in [0.2, 0.25) is 0 Å². The van der Waals surface area contributed by atoms with Crippen LogP contribution < -0.4 is 5.32 Å². The first kappa shape index (κ1) is 13.0. The van der Waals surface area contributed by atoms with Crippen LogP contribution in [0.4, 0.5) is 4.39 Å². The van der Waals surface area contributed by atoms with E-state index in [1.807, 2.05) is 12.1 Å². The van der Waals surface area contributed by atoms with Crippen molar-refractivity contribution in [2.24, 2.45) is 0 Å². The van der Waals surface area contributed by atoms with E-state index in [4.69, 9.17) is 0 Å². The number of benzene rings is 1. The Morgan fingerprint density at radius 3 is 2.94 bits per heavy atom. The van der Waals surface area contributed by atoms with Crippen molar-refractivity contribution in [2.45, 2.75) is 25.9 Å². The summed E-state index contributed by atoms with van der Waals surface area (Å²) in [7, 11) is 0. The largest absolute Gasteiger partial charge is 0.312 e. The topological polar surface area (TPSA) is 15.3 Å². The van der Waals surface area contributed by atoms with E-state index in [0.29, 0.717) is 16.6 Å². The quantitative estimate of drug-likeness (QED) is 0.903. The molecule has 1 aliphatic heterocycles. The summed E-state index contributed by atoms with van der Waals surface area (Å²) in [5, 5.41) is 3.43. The molecule has 1 aliphatic rings. The maximum atomic E-state index is 13.2. The summed E-state index contributed by atoms with van der Waals surface area (Å²) in [6.45, 7) is 7.47. The van der Waals surface area contributed by atoms with Gasteiger partial charge in [0.15, 0.2) is 0 Å². The smallest absolute Gasteiger partial charge is 0.137 e. The molecular formula is C13H18BrFN2. The van der Waals surface area contributed by atoms with E-state index < -0.39 is 0 Å². The first-order valence-corrected chi connectivity index (χ1v) is 6.79. The Kier molecular flexibility index (Phi) is 4.17. The van der Waals surface area contributed by atoms with Crippen LogP contribution in [0, 0.1) is 5.82 Å². The van der Waals surface area contributed by atoms with Gasteiger partial charge in [-0.2, -0.15) is 0 Å². The van der Waals surface area contributed by atoms with Crippen LogP contribution in [0.25, 0.3) is 0 Å². The number of rotatable bonds is 2. The summed E-state index contributed by atoms with van der Waals surface area (Å²) in [6.07, 6.45) is 0. The third kappa shape index (κ3) is 3.06. The van der Waals surface area contributed by atoms with Crippen molar-refractivity contribution < 1.29 is 4.39 Å². The maximum Gasteiger partial charge on any atom is 0.137 e. The summed E-state index contributed by atoms with van der Waals surface area (Å²) in [4.78, 5) is 2.43. The molecule has 2 nitrogen and oxygen atoms in total. The molecule has 0 radical (unpaired) electrons. The number of hydrogen-bond donors (Lipinski definition) is 1. The van der Waals surface area contributed by atoms with E-state index in [9.17, 15) is 4.39 Å². The van der Waals surface area contributed by atoms with Crippen LogP contribution in [0.2, 0.25) is 0 Å². The van der Waals surface area contributed by atoms with Crippen LogP contribution in [0.15, 0.2) is 22.7 Å². The molecule has 0 spiro atoms. The number of piperazine rings is 1. The number of hydrogen-bond acceptors (Lipinski definition) is 2. The molecule has 1 fully saturated rings. The fraction of sp³-hybridized carbons (Fsp3) is 0.538. The van der Waals surface area contributed by atoms with E-state index in [1.165, 1.54) is 6.07 Å². The standard InChI is InChI=1S/C13H18BrFN2/c1-9-8-17(6-5-16-9)10(2)11-3-4-13(15)12(14)7-11/h3-4,7,9-10,16H,5-6,8H2,1-2H3. The van der Waals surface area contributed by atoms with Gasteiger partial charge in [-0.25, -0.2) is 4.39 Å². The molecule has 0 amide bonds. The fourth-order valence-electron chi connectivity index (χ4n) is 2.30. The van der Waals surface area contributed by atoms with Gasteiger partial charge in [0, 0.05) is 31.7 Å². The predicted molar refractivity (Wildman–Crippen MR) is 71.6 cm³/mol. The van der Waals surface area contributed by atoms with Gasteiger partial charge in [0.25, 0.3) is 0 Å². The summed E-state index contributed by atoms with van der Waals surface area (Å²) < 4.78 is 13.7. The van der Waals surface area contributed by atoms with Crippen molar-refractivity contribution in [2.75, 3.05) is 19.6 Å². The van der Waals surface area contributed by atoms with Gasteiger partial charge in [0.05, 0.1) is 4.47 Å². The number of nitrogens with one attached hydrogen (secondary N) is 1. The molecule has 0 saturated carbocycles. The second-order valence-electron chi connectivity index (χ2n) is 4.70. The number of nitrogens with zero attached hydrogens (tertiary/aromatic N) is 1. The highest BCUT2D eigenvalue weighted by atomic mass is 79.9. The molecule has 0 aromatic heterocycles. The zero-order chi connectivity index (χ0) is 12.4. The molecule has 1 aromatic rings. The highest BCUT2D eigenvalue weighted by molar-refractivity contribution is 9.10. The van der Waals surface area contributed by atoms with Crippen LogP contribution in [0.1, 0.15) is 25.5 Å². The highest BCUT2D eigenvalue weighted by Crippen LogP contribution is 2.25. The molecule has 1 heterocycles. The zero-order valence-electron chi connectivity index (χ0n) is 10.2. The molecule has 2 rings (SSSR count). The van der Waals surface area contributed by atoms with Gasteiger partial charge < -0.3 is 5.32 Å². The molecule has 2 atom stereocenters. The summed E-state index contributed by atoms with van der Waals surface area (Å²) in [6, 6.07) is 6.14. The van der Waals surface area contributed by atoms with Crippen LogP contribution in [-0.4, -0.2) is 30.6 Å². The van der Waals surface area contributed by atoms with Gasteiger partial charge in [-0.15, -0.1) is 0 Å². The van der Waals surface area contributed by atoms with Gasteiger partial charge in [-0.3, -0.25) is 4.90 Å². The van der Waals surface area contributed by atoms with Crippen LogP contribution in [0.5, 0.6) is 0 Å². The Labute approximate surface area is 110 Å². The van der Waals surface area contributed by atoms with E-state index in [2.05, 4.69) is 40.0 Å². The molecule has 0 bridgehead atoms. The summed E-state index contributed by atoms with van der Waals surface area (Å²) in [5.74, 6) is -0.199. The average Bonchev–Trinajstić information content (AvgIpc) is 2.32. The van der Waals surface area contributed by atoms with E-state index in [-0.39, 0.29) is 5.82 Å². The summed E-state index contributed by atoms with van der Waals surface area (Å²) in [5.41, 5.74) is 1.16. The first-order chi connectivity index (χ1) is 8.08. The van der Waals surface area contributed by atoms with E-state index in [0.717, 1.165) is 25.2 Å². The van der Waals surface area contributed by atoms with Crippen molar-refractivity contribution in [3.63, 3.8) is 0 Å².